The Balaban J connectivity index is 2.34. The minimum Gasteiger partial charge on any atom is -0.392 e. The lowest BCUT2D eigenvalue weighted by Crippen LogP contribution is -2.41. The smallest absolute Gasteiger partial charge is 0.246 e. The zero-order chi connectivity index (χ0) is 12.3. The van der Waals surface area contributed by atoms with E-state index in [1.807, 2.05) is 13.8 Å². The van der Waals surface area contributed by atoms with Gasteiger partial charge in [0.05, 0.1) is 18.6 Å². The molecule has 2 amide bonds. The molecule has 1 heterocycles. The fourth-order valence-electron chi connectivity index (χ4n) is 1.82. The van der Waals surface area contributed by atoms with E-state index in [9.17, 15) is 14.7 Å². The van der Waals surface area contributed by atoms with Crippen LogP contribution >= 0.6 is 0 Å². The van der Waals surface area contributed by atoms with Crippen molar-refractivity contribution in [3.8, 4) is 0 Å². The third-order valence-electron chi connectivity index (χ3n) is 2.72. The molecule has 1 fully saturated rings. The highest BCUT2D eigenvalue weighted by Crippen LogP contribution is 2.11. The normalized spacial score (nSPS) is 23.3. The first-order valence-electron chi connectivity index (χ1n) is 5.63. The SMILES string of the molecule is CC(C)CC(O)CNC1CC(=O)N(C)C1=O. The van der Waals surface area contributed by atoms with Crippen LogP contribution in [0.1, 0.15) is 26.7 Å². The van der Waals surface area contributed by atoms with Crippen LogP contribution in [0.3, 0.4) is 0 Å². The molecule has 2 atom stereocenters. The summed E-state index contributed by atoms with van der Waals surface area (Å²) >= 11 is 0. The highest BCUT2D eigenvalue weighted by atomic mass is 16.3. The molecule has 5 heteroatoms. The number of hydrogen-bond donors (Lipinski definition) is 2. The van der Waals surface area contributed by atoms with Crippen LogP contribution in [0.5, 0.6) is 0 Å². The van der Waals surface area contributed by atoms with Crippen LogP contribution in [0, 0.1) is 5.92 Å². The molecule has 0 saturated carbocycles. The molecule has 1 saturated heterocycles. The van der Waals surface area contributed by atoms with Gasteiger partial charge < -0.3 is 10.4 Å². The number of hydrogen-bond acceptors (Lipinski definition) is 4. The molecule has 0 aromatic heterocycles. The minimum atomic E-state index is -0.464. The van der Waals surface area contributed by atoms with Crippen molar-refractivity contribution in [1.82, 2.24) is 10.2 Å². The fraction of sp³-hybridized carbons (Fsp3) is 0.818. The molecule has 1 aliphatic heterocycles. The molecule has 0 aromatic rings. The van der Waals surface area contributed by atoms with Gasteiger partial charge in [0.1, 0.15) is 0 Å². The van der Waals surface area contributed by atoms with Gasteiger partial charge in [-0.25, -0.2) is 0 Å². The van der Waals surface area contributed by atoms with Crippen LogP contribution in [0.2, 0.25) is 0 Å². The second-order valence-electron chi connectivity index (χ2n) is 4.74. The molecule has 5 nitrogen and oxygen atoms in total. The quantitative estimate of drug-likeness (QED) is 0.636. The maximum Gasteiger partial charge on any atom is 0.246 e. The minimum absolute atomic E-state index is 0.166. The van der Waals surface area contributed by atoms with Gasteiger partial charge in [-0.1, -0.05) is 13.8 Å². The second kappa shape index (κ2) is 5.41. The lowest BCUT2D eigenvalue weighted by molar-refractivity contribution is -0.137. The van der Waals surface area contributed by atoms with Gasteiger partial charge in [0.2, 0.25) is 11.8 Å². The van der Waals surface area contributed by atoms with E-state index in [-0.39, 0.29) is 18.2 Å². The maximum absolute atomic E-state index is 11.5. The topological polar surface area (TPSA) is 69.6 Å². The van der Waals surface area contributed by atoms with Gasteiger partial charge in [-0.2, -0.15) is 0 Å². The number of nitrogens with zero attached hydrogens (tertiary/aromatic N) is 1. The number of imide groups is 1. The van der Waals surface area contributed by atoms with Crippen molar-refractivity contribution in [3.05, 3.63) is 0 Å². The van der Waals surface area contributed by atoms with E-state index in [1.165, 1.54) is 7.05 Å². The van der Waals surface area contributed by atoms with Crippen molar-refractivity contribution in [2.45, 2.75) is 38.8 Å². The molecule has 92 valence electrons. The molecular formula is C11H20N2O3. The number of rotatable bonds is 5. The summed E-state index contributed by atoms with van der Waals surface area (Å²) in [6, 6.07) is -0.459. The highest BCUT2D eigenvalue weighted by molar-refractivity contribution is 6.05. The molecule has 1 aliphatic rings. The van der Waals surface area contributed by atoms with Crippen molar-refractivity contribution in [1.29, 1.82) is 0 Å². The molecule has 2 unspecified atom stereocenters. The average Bonchev–Trinajstić information content (AvgIpc) is 2.42. The summed E-state index contributed by atoms with van der Waals surface area (Å²) in [4.78, 5) is 23.9. The Morgan fingerprint density at radius 3 is 2.56 bits per heavy atom. The molecule has 0 aromatic carbocycles. The van der Waals surface area contributed by atoms with Gasteiger partial charge in [0.15, 0.2) is 0 Å². The van der Waals surface area contributed by atoms with Crippen LogP contribution in [0.15, 0.2) is 0 Å². The molecule has 0 aliphatic carbocycles. The van der Waals surface area contributed by atoms with Crippen LogP contribution in [0.25, 0.3) is 0 Å². The molecule has 0 bridgehead atoms. The first-order valence-corrected chi connectivity index (χ1v) is 5.63. The molecule has 16 heavy (non-hydrogen) atoms. The standard InChI is InChI=1S/C11H20N2O3/c1-7(2)4-8(14)6-12-9-5-10(15)13(3)11(9)16/h7-9,12,14H,4-6H2,1-3H3. The zero-order valence-electron chi connectivity index (χ0n) is 10.1. The van der Waals surface area contributed by atoms with E-state index < -0.39 is 12.1 Å². The van der Waals surface area contributed by atoms with E-state index in [1.54, 1.807) is 0 Å². The third kappa shape index (κ3) is 3.28. The van der Waals surface area contributed by atoms with Gasteiger partial charge in [0, 0.05) is 13.6 Å². The summed E-state index contributed by atoms with van der Waals surface area (Å²) in [5.74, 6) is 0.0444. The van der Waals surface area contributed by atoms with Crippen molar-refractivity contribution in [3.63, 3.8) is 0 Å². The van der Waals surface area contributed by atoms with Crippen molar-refractivity contribution in [2.75, 3.05) is 13.6 Å². The van der Waals surface area contributed by atoms with E-state index in [2.05, 4.69) is 5.32 Å². The number of aliphatic hydroxyl groups is 1. The van der Waals surface area contributed by atoms with Gasteiger partial charge in [-0.3, -0.25) is 14.5 Å². The first kappa shape index (κ1) is 13.1. The Morgan fingerprint density at radius 1 is 1.50 bits per heavy atom. The predicted molar refractivity (Wildman–Crippen MR) is 59.6 cm³/mol. The number of likely N-dealkylation sites (tertiary alicyclic amines) is 1. The van der Waals surface area contributed by atoms with Gasteiger partial charge in [-0.15, -0.1) is 0 Å². The third-order valence-corrected chi connectivity index (χ3v) is 2.72. The summed E-state index contributed by atoms with van der Waals surface area (Å²) in [5.41, 5.74) is 0. The van der Waals surface area contributed by atoms with Crippen LogP contribution in [-0.4, -0.2) is 47.6 Å². The Bertz CT molecular complexity index is 278. The Kier molecular flexibility index (Phi) is 4.44. The maximum atomic E-state index is 11.5. The zero-order valence-corrected chi connectivity index (χ0v) is 10.1. The largest absolute Gasteiger partial charge is 0.392 e. The number of amides is 2. The molecular weight excluding hydrogens is 208 g/mol. The number of likely N-dealkylation sites (N-methyl/N-ethyl adjacent to an activating group) is 1. The molecule has 0 spiro atoms. The van der Waals surface area contributed by atoms with Gasteiger partial charge >= 0.3 is 0 Å². The first-order chi connectivity index (χ1) is 7.41. The summed E-state index contributed by atoms with van der Waals surface area (Å²) in [6.45, 7) is 4.41. The van der Waals surface area contributed by atoms with Crippen molar-refractivity contribution in [2.24, 2.45) is 5.92 Å². The van der Waals surface area contributed by atoms with Crippen molar-refractivity contribution < 1.29 is 14.7 Å². The molecule has 1 rings (SSSR count). The predicted octanol–water partition coefficient (Wildman–Crippen LogP) is -0.260. The summed E-state index contributed by atoms with van der Waals surface area (Å²) in [5, 5.41) is 12.6. The Hall–Kier alpha value is -0.940. The monoisotopic (exact) mass is 228 g/mol. The summed E-state index contributed by atoms with van der Waals surface area (Å²) in [6.07, 6.45) is 0.426. The van der Waals surface area contributed by atoms with E-state index in [4.69, 9.17) is 0 Å². The van der Waals surface area contributed by atoms with Gasteiger partial charge in [-0.05, 0) is 12.3 Å². The van der Waals surface area contributed by atoms with Crippen LogP contribution in [-0.2, 0) is 9.59 Å². The van der Waals surface area contributed by atoms with Crippen molar-refractivity contribution >= 4 is 11.8 Å². The molecule has 0 radical (unpaired) electrons. The lowest BCUT2D eigenvalue weighted by atomic mass is 10.1. The number of carbonyl (C=O) groups is 2. The second-order valence-corrected chi connectivity index (χ2v) is 4.74. The van der Waals surface area contributed by atoms with Crippen LogP contribution < -0.4 is 5.32 Å². The average molecular weight is 228 g/mol. The van der Waals surface area contributed by atoms with E-state index >= 15 is 0 Å². The number of aliphatic hydroxyl groups excluding tert-OH is 1. The Labute approximate surface area is 95.8 Å². The Morgan fingerprint density at radius 2 is 2.12 bits per heavy atom. The van der Waals surface area contributed by atoms with E-state index in [0.29, 0.717) is 18.9 Å². The van der Waals surface area contributed by atoms with E-state index in [0.717, 1.165) is 4.90 Å². The number of carbonyl (C=O) groups excluding carboxylic acids is 2. The van der Waals surface area contributed by atoms with Crippen LogP contribution in [0.4, 0.5) is 0 Å². The molecule has 2 N–H and O–H groups in total. The summed E-state index contributed by atoms with van der Waals surface area (Å²) < 4.78 is 0. The number of nitrogens with one attached hydrogen (secondary N) is 1. The van der Waals surface area contributed by atoms with Gasteiger partial charge in [0.25, 0.3) is 0 Å². The highest BCUT2D eigenvalue weighted by Gasteiger charge is 2.35. The lowest BCUT2D eigenvalue weighted by Gasteiger charge is -2.16. The fourth-order valence-corrected chi connectivity index (χ4v) is 1.82. The summed E-state index contributed by atoms with van der Waals surface area (Å²) in [7, 11) is 1.48.